The van der Waals surface area contributed by atoms with Crippen LogP contribution in [0.2, 0.25) is 0 Å². The zero-order valence-electron chi connectivity index (χ0n) is 21.3. The van der Waals surface area contributed by atoms with E-state index >= 15 is 0 Å². The van der Waals surface area contributed by atoms with Crippen LogP contribution in [0.25, 0.3) is 0 Å². The van der Waals surface area contributed by atoms with Gasteiger partial charge in [0.2, 0.25) is 0 Å². The first kappa shape index (κ1) is 23.4. The number of allylic oxidation sites excluding steroid dienone is 1. The maximum atomic E-state index is 10.3. The molecule has 1 aromatic rings. The van der Waals surface area contributed by atoms with Gasteiger partial charge in [-0.15, -0.1) is 0 Å². The molecule has 8 atom stereocenters. The number of nitrogens with one attached hydrogen (secondary N) is 1. The molecular formula is C30H45NO2. The summed E-state index contributed by atoms with van der Waals surface area (Å²) in [5.74, 6) is 4.27. The molecule has 3 fully saturated rings. The van der Waals surface area contributed by atoms with Crippen LogP contribution in [0.3, 0.4) is 0 Å². The smallest absolute Gasteiger partial charge is 0.118 e. The minimum Gasteiger partial charge on any atom is -0.497 e. The third-order valence-electron chi connectivity index (χ3n) is 10.8. The molecule has 2 N–H and O–H groups in total. The van der Waals surface area contributed by atoms with Crippen molar-refractivity contribution in [2.75, 3.05) is 13.7 Å². The van der Waals surface area contributed by atoms with Gasteiger partial charge >= 0.3 is 0 Å². The average molecular weight is 452 g/mol. The number of hydrogen-bond acceptors (Lipinski definition) is 3. The summed E-state index contributed by atoms with van der Waals surface area (Å²) in [5, 5.41) is 14.2. The van der Waals surface area contributed by atoms with Crippen LogP contribution < -0.4 is 10.1 Å². The summed E-state index contributed by atoms with van der Waals surface area (Å²) in [6.45, 7) is 8.67. The van der Waals surface area contributed by atoms with Crippen molar-refractivity contribution in [3.8, 4) is 5.75 Å². The SMILES string of the molecule is COc1ccc(CCNC(C)C2CCC3C4CC=C5CC(O)CCC5(C)C4CCC23C)cc1. The van der Waals surface area contributed by atoms with Gasteiger partial charge in [-0.05, 0) is 123 Å². The minimum atomic E-state index is -0.101. The van der Waals surface area contributed by atoms with Crippen LogP contribution in [0.5, 0.6) is 5.75 Å². The van der Waals surface area contributed by atoms with Gasteiger partial charge in [0.25, 0.3) is 0 Å². The number of aliphatic hydroxyl groups excluding tert-OH is 1. The lowest BCUT2D eigenvalue weighted by Crippen LogP contribution is -2.52. The fourth-order valence-corrected chi connectivity index (χ4v) is 8.88. The number of methoxy groups -OCH3 is 1. The summed E-state index contributed by atoms with van der Waals surface area (Å²) in [6.07, 6.45) is 13.5. The number of benzene rings is 1. The molecule has 0 amide bonds. The van der Waals surface area contributed by atoms with Crippen LogP contribution in [0.4, 0.5) is 0 Å². The highest BCUT2D eigenvalue weighted by molar-refractivity contribution is 5.27. The second-order valence-corrected chi connectivity index (χ2v) is 12.2. The largest absolute Gasteiger partial charge is 0.497 e. The Balaban J connectivity index is 1.23. The lowest BCUT2D eigenvalue weighted by molar-refractivity contribution is -0.0535. The zero-order valence-corrected chi connectivity index (χ0v) is 21.3. The molecule has 5 rings (SSSR count). The van der Waals surface area contributed by atoms with E-state index in [-0.39, 0.29) is 6.10 Å². The van der Waals surface area contributed by atoms with Gasteiger partial charge in [0.05, 0.1) is 13.2 Å². The standard InChI is InChI=1S/C30H45NO2/c1-20(31-18-15-21-5-8-24(33-4)9-6-21)26-11-12-27-25-10-7-22-19-23(32)13-16-29(22,2)28(25)14-17-30(26,27)3/h5-9,20,23,25-28,31-32H,10-19H2,1-4H3. The molecule has 3 saturated carbocycles. The molecule has 0 heterocycles. The second-order valence-electron chi connectivity index (χ2n) is 12.2. The van der Waals surface area contributed by atoms with E-state index in [2.05, 4.69) is 56.4 Å². The van der Waals surface area contributed by atoms with Gasteiger partial charge in [-0.1, -0.05) is 37.6 Å². The number of ether oxygens (including phenoxy) is 1. The van der Waals surface area contributed by atoms with Crippen LogP contribution in [-0.4, -0.2) is 30.9 Å². The first-order valence-electron chi connectivity index (χ1n) is 13.6. The summed E-state index contributed by atoms with van der Waals surface area (Å²) < 4.78 is 5.29. The Kier molecular flexibility index (Phi) is 6.42. The second kappa shape index (κ2) is 9.04. The lowest BCUT2D eigenvalue weighted by atomic mass is 9.47. The van der Waals surface area contributed by atoms with E-state index in [1.165, 1.54) is 44.1 Å². The topological polar surface area (TPSA) is 41.5 Å². The van der Waals surface area contributed by atoms with Crippen molar-refractivity contribution in [3.63, 3.8) is 0 Å². The fraction of sp³-hybridized carbons (Fsp3) is 0.733. The molecule has 0 bridgehead atoms. The van der Waals surface area contributed by atoms with E-state index in [0.29, 0.717) is 16.9 Å². The monoisotopic (exact) mass is 451 g/mol. The zero-order chi connectivity index (χ0) is 23.2. The highest BCUT2D eigenvalue weighted by Gasteiger charge is 2.59. The number of rotatable bonds is 6. The van der Waals surface area contributed by atoms with Crippen molar-refractivity contribution in [3.05, 3.63) is 41.5 Å². The molecule has 8 unspecified atom stereocenters. The van der Waals surface area contributed by atoms with Crippen LogP contribution in [0.1, 0.15) is 77.7 Å². The van der Waals surface area contributed by atoms with Crippen LogP contribution >= 0.6 is 0 Å². The molecule has 4 aliphatic rings. The molecule has 0 spiro atoms. The van der Waals surface area contributed by atoms with Crippen LogP contribution in [0.15, 0.2) is 35.9 Å². The van der Waals surface area contributed by atoms with Crippen LogP contribution in [-0.2, 0) is 6.42 Å². The van der Waals surface area contributed by atoms with Gasteiger partial charge in [-0.2, -0.15) is 0 Å². The van der Waals surface area contributed by atoms with Gasteiger partial charge < -0.3 is 15.2 Å². The Morgan fingerprint density at radius 3 is 2.61 bits per heavy atom. The van der Waals surface area contributed by atoms with Crippen molar-refractivity contribution in [2.45, 2.75) is 90.7 Å². The van der Waals surface area contributed by atoms with E-state index < -0.39 is 0 Å². The van der Waals surface area contributed by atoms with E-state index in [1.807, 2.05) is 0 Å². The molecule has 0 aromatic heterocycles. The number of hydrogen-bond donors (Lipinski definition) is 2. The molecule has 3 nitrogen and oxygen atoms in total. The van der Waals surface area contributed by atoms with Gasteiger partial charge in [0, 0.05) is 6.04 Å². The Hall–Kier alpha value is -1.32. The number of aliphatic hydroxyl groups is 1. The van der Waals surface area contributed by atoms with Gasteiger partial charge in [-0.25, -0.2) is 0 Å². The van der Waals surface area contributed by atoms with Gasteiger partial charge in [0.15, 0.2) is 0 Å². The highest BCUT2D eigenvalue weighted by atomic mass is 16.5. The predicted octanol–water partition coefficient (Wildman–Crippen LogP) is 6.16. The van der Waals surface area contributed by atoms with Crippen molar-refractivity contribution in [1.82, 2.24) is 5.32 Å². The first-order valence-corrected chi connectivity index (χ1v) is 13.6. The first-order chi connectivity index (χ1) is 15.8. The Morgan fingerprint density at radius 2 is 1.85 bits per heavy atom. The normalized spacial score (nSPS) is 40.9. The third kappa shape index (κ3) is 4.08. The van der Waals surface area contributed by atoms with Crippen molar-refractivity contribution < 1.29 is 9.84 Å². The Labute approximate surface area is 201 Å². The number of fused-ring (bicyclic) bond motifs is 5. The van der Waals surface area contributed by atoms with Crippen LogP contribution in [0, 0.1) is 34.5 Å². The van der Waals surface area contributed by atoms with Crippen molar-refractivity contribution in [1.29, 1.82) is 0 Å². The highest BCUT2D eigenvalue weighted by Crippen LogP contribution is 2.66. The van der Waals surface area contributed by atoms with Gasteiger partial charge in [-0.3, -0.25) is 0 Å². The molecule has 1 aromatic carbocycles. The van der Waals surface area contributed by atoms with Gasteiger partial charge in [0.1, 0.15) is 5.75 Å². The Bertz CT molecular complexity index is 863. The van der Waals surface area contributed by atoms with E-state index in [1.54, 1.807) is 12.7 Å². The predicted molar refractivity (Wildman–Crippen MR) is 135 cm³/mol. The van der Waals surface area contributed by atoms with Crippen molar-refractivity contribution >= 4 is 0 Å². The summed E-state index contributed by atoms with van der Waals surface area (Å²) >= 11 is 0. The molecule has 0 saturated heterocycles. The summed E-state index contributed by atoms with van der Waals surface area (Å²) in [6, 6.07) is 9.09. The van der Waals surface area contributed by atoms with E-state index in [0.717, 1.165) is 55.2 Å². The molecule has 0 radical (unpaired) electrons. The lowest BCUT2D eigenvalue weighted by Gasteiger charge is -2.58. The third-order valence-corrected chi connectivity index (χ3v) is 10.8. The molecule has 33 heavy (non-hydrogen) atoms. The minimum absolute atomic E-state index is 0.101. The Morgan fingerprint density at radius 1 is 1.06 bits per heavy atom. The summed E-state index contributed by atoms with van der Waals surface area (Å²) in [4.78, 5) is 0. The van der Waals surface area contributed by atoms with E-state index in [4.69, 9.17) is 4.74 Å². The molecule has 182 valence electrons. The molecular weight excluding hydrogens is 406 g/mol. The maximum absolute atomic E-state index is 10.3. The average Bonchev–Trinajstić information content (AvgIpc) is 3.17. The molecule has 0 aliphatic heterocycles. The fourth-order valence-electron chi connectivity index (χ4n) is 8.88. The quantitative estimate of drug-likeness (QED) is 0.509. The maximum Gasteiger partial charge on any atom is 0.118 e. The molecule has 3 heteroatoms. The van der Waals surface area contributed by atoms with E-state index in [9.17, 15) is 5.11 Å². The van der Waals surface area contributed by atoms with Crippen molar-refractivity contribution in [2.24, 2.45) is 34.5 Å². The molecule has 4 aliphatic carbocycles. The summed E-state index contributed by atoms with van der Waals surface area (Å²) in [7, 11) is 1.73. The summed E-state index contributed by atoms with van der Waals surface area (Å²) in [5.41, 5.74) is 3.80.